The lowest BCUT2D eigenvalue weighted by molar-refractivity contribution is -0.121. The third-order valence-corrected chi connectivity index (χ3v) is 5.50. The van der Waals surface area contributed by atoms with Crippen molar-refractivity contribution in [3.05, 3.63) is 45.9 Å². The number of anilines is 1. The molecule has 1 aromatic carbocycles. The molecule has 0 spiro atoms. The van der Waals surface area contributed by atoms with E-state index in [1.54, 1.807) is 35.6 Å². The average Bonchev–Trinajstić information content (AvgIpc) is 3.23. The van der Waals surface area contributed by atoms with Crippen molar-refractivity contribution >= 4 is 22.9 Å². The zero-order valence-corrected chi connectivity index (χ0v) is 14.4. The van der Waals surface area contributed by atoms with Crippen molar-refractivity contribution in [2.45, 2.75) is 38.1 Å². The van der Waals surface area contributed by atoms with Gasteiger partial charge in [-0.15, -0.1) is 11.3 Å². The fourth-order valence-corrected chi connectivity index (χ4v) is 4.11. The fourth-order valence-electron chi connectivity index (χ4n) is 3.10. The molecule has 0 radical (unpaired) electrons. The van der Waals surface area contributed by atoms with Crippen LogP contribution in [-0.2, 0) is 10.3 Å². The van der Waals surface area contributed by atoms with E-state index in [4.69, 9.17) is 5.26 Å². The van der Waals surface area contributed by atoms with E-state index in [0.717, 1.165) is 42.1 Å². The van der Waals surface area contributed by atoms with Gasteiger partial charge in [0.25, 0.3) is 0 Å². The molecule has 0 unspecified atom stereocenters. The molecule has 0 saturated heterocycles. The van der Waals surface area contributed by atoms with Gasteiger partial charge in [0, 0.05) is 16.8 Å². The van der Waals surface area contributed by atoms with Gasteiger partial charge < -0.3 is 10.6 Å². The third-order valence-electron chi connectivity index (χ3n) is 4.33. The molecule has 1 aliphatic carbocycles. The fraction of sp³-hybridized carbons (Fsp3) is 0.389. The Morgan fingerprint density at radius 1 is 1.33 bits per heavy atom. The van der Waals surface area contributed by atoms with Crippen molar-refractivity contribution in [1.29, 1.82) is 5.26 Å². The maximum atomic E-state index is 12.4. The van der Waals surface area contributed by atoms with Crippen molar-refractivity contribution in [3.8, 4) is 6.07 Å². The lowest BCUT2D eigenvalue weighted by Crippen LogP contribution is -2.46. The van der Waals surface area contributed by atoms with Crippen molar-refractivity contribution in [2.24, 2.45) is 0 Å². The summed E-state index contributed by atoms with van der Waals surface area (Å²) in [6.07, 6.45) is 4.12. The second-order valence-electron chi connectivity index (χ2n) is 6.17. The van der Waals surface area contributed by atoms with Crippen LogP contribution in [0.25, 0.3) is 0 Å². The Labute approximate surface area is 145 Å². The van der Waals surface area contributed by atoms with Gasteiger partial charge in [0.1, 0.15) is 5.01 Å². The van der Waals surface area contributed by atoms with E-state index in [-0.39, 0.29) is 18.0 Å². The lowest BCUT2D eigenvalue weighted by Gasteiger charge is -2.28. The minimum atomic E-state index is -0.303. The summed E-state index contributed by atoms with van der Waals surface area (Å²) in [6, 6.07) is 9.16. The molecule has 2 aromatic rings. The maximum absolute atomic E-state index is 12.4. The number of hydrogen-bond donors (Lipinski definition) is 2. The maximum Gasteiger partial charge on any atom is 0.240 e. The molecular weight excluding hydrogens is 320 g/mol. The van der Waals surface area contributed by atoms with E-state index in [1.165, 1.54) is 0 Å². The number of amides is 1. The van der Waals surface area contributed by atoms with Gasteiger partial charge >= 0.3 is 0 Å². The summed E-state index contributed by atoms with van der Waals surface area (Å²) >= 11 is 1.63. The van der Waals surface area contributed by atoms with Crippen LogP contribution < -0.4 is 10.6 Å². The number of thiazole rings is 1. The van der Waals surface area contributed by atoms with Gasteiger partial charge in [-0.2, -0.15) is 5.26 Å². The lowest BCUT2D eigenvalue weighted by atomic mass is 9.98. The summed E-state index contributed by atoms with van der Waals surface area (Å²) in [5.41, 5.74) is 2.14. The molecule has 1 aromatic heterocycles. The molecule has 1 aliphatic rings. The molecule has 2 N–H and O–H groups in total. The first-order chi connectivity index (χ1) is 11.6. The zero-order chi connectivity index (χ0) is 17.0. The Hall–Kier alpha value is -2.39. The predicted octanol–water partition coefficient (Wildman–Crippen LogP) is 3.32. The van der Waals surface area contributed by atoms with Crippen molar-refractivity contribution in [1.82, 2.24) is 10.3 Å². The van der Waals surface area contributed by atoms with Crippen LogP contribution in [0.2, 0.25) is 0 Å². The standard InChI is InChI=1S/C18H20N4OS/c1-13-12-24-17(21-13)18(8-2-3-9-18)22-16(23)11-20-15-6-4-14(10-19)5-7-15/h4-7,12,20H,2-3,8-9,11H2,1H3,(H,22,23). The van der Waals surface area contributed by atoms with Crippen LogP contribution in [0.1, 0.15) is 41.9 Å². The number of nitrogens with one attached hydrogen (secondary N) is 2. The third kappa shape index (κ3) is 3.57. The van der Waals surface area contributed by atoms with Crippen LogP contribution in [-0.4, -0.2) is 17.4 Å². The molecular formula is C18H20N4OS. The Kier molecular flexibility index (Phi) is 4.81. The van der Waals surface area contributed by atoms with Gasteiger partial charge in [-0.1, -0.05) is 12.8 Å². The Bertz CT molecular complexity index is 754. The van der Waals surface area contributed by atoms with Gasteiger partial charge in [-0.3, -0.25) is 4.79 Å². The number of carbonyl (C=O) groups is 1. The second-order valence-corrected chi connectivity index (χ2v) is 7.03. The van der Waals surface area contributed by atoms with Crippen molar-refractivity contribution in [3.63, 3.8) is 0 Å². The number of nitrogens with zero attached hydrogens (tertiary/aromatic N) is 2. The number of nitriles is 1. The van der Waals surface area contributed by atoms with Crippen molar-refractivity contribution < 1.29 is 4.79 Å². The number of hydrogen-bond acceptors (Lipinski definition) is 5. The molecule has 1 saturated carbocycles. The zero-order valence-electron chi connectivity index (χ0n) is 13.6. The van der Waals surface area contributed by atoms with E-state index in [1.807, 2.05) is 12.3 Å². The molecule has 5 nitrogen and oxygen atoms in total. The highest BCUT2D eigenvalue weighted by atomic mass is 32.1. The smallest absolute Gasteiger partial charge is 0.240 e. The van der Waals surface area contributed by atoms with E-state index < -0.39 is 0 Å². The number of aryl methyl sites for hydroxylation is 1. The van der Waals surface area contributed by atoms with Crippen LogP contribution in [0.3, 0.4) is 0 Å². The molecule has 0 aliphatic heterocycles. The van der Waals surface area contributed by atoms with Crippen LogP contribution in [0.4, 0.5) is 5.69 Å². The van der Waals surface area contributed by atoms with Crippen LogP contribution in [0.5, 0.6) is 0 Å². The van der Waals surface area contributed by atoms with E-state index >= 15 is 0 Å². The first kappa shape index (κ1) is 16.5. The normalized spacial score (nSPS) is 15.7. The first-order valence-electron chi connectivity index (χ1n) is 8.09. The number of rotatable bonds is 5. The highest BCUT2D eigenvalue weighted by Gasteiger charge is 2.39. The molecule has 1 heterocycles. The van der Waals surface area contributed by atoms with Gasteiger partial charge in [0.05, 0.1) is 23.7 Å². The molecule has 0 atom stereocenters. The Balaban J connectivity index is 1.63. The summed E-state index contributed by atoms with van der Waals surface area (Å²) in [7, 11) is 0. The summed E-state index contributed by atoms with van der Waals surface area (Å²) in [5, 5.41) is 18.2. The molecule has 3 rings (SSSR count). The molecule has 0 bridgehead atoms. The monoisotopic (exact) mass is 340 g/mol. The molecule has 6 heteroatoms. The van der Waals surface area contributed by atoms with Gasteiger partial charge in [0.15, 0.2) is 0 Å². The SMILES string of the molecule is Cc1csc(C2(NC(=O)CNc3ccc(C#N)cc3)CCCC2)n1. The predicted molar refractivity (Wildman–Crippen MR) is 94.8 cm³/mol. The van der Waals surface area contributed by atoms with Crippen LogP contribution in [0, 0.1) is 18.3 Å². The van der Waals surface area contributed by atoms with Gasteiger partial charge in [-0.05, 0) is 44.0 Å². The minimum absolute atomic E-state index is 0.0332. The first-order valence-corrected chi connectivity index (χ1v) is 8.97. The quantitative estimate of drug-likeness (QED) is 0.875. The van der Waals surface area contributed by atoms with E-state index in [9.17, 15) is 4.79 Å². The molecule has 1 fully saturated rings. The number of aromatic nitrogens is 1. The molecule has 24 heavy (non-hydrogen) atoms. The number of benzene rings is 1. The topological polar surface area (TPSA) is 77.8 Å². The molecule has 124 valence electrons. The van der Waals surface area contributed by atoms with Gasteiger partial charge in [-0.25, -0.2) is 4.98 Å². The molecule has 1 amide bonds. The Morgan fingerprint density at radius 3 is 2.62 bits per heavy atom. The van der Waals surface area contributed by atoms with Crippen LogP contribution in [0.15, 0.2) is 29.6 Å². The Morgan fingerprint density at radius 2 is 2.04 bits per heavy atom. The van der Waals surface area contributed by atoms with Crippen molar-refractivity contribution in [2.75, 3.05) is 11.9 Å². The highest BCUT2D eigenvalue weighted by Crippen LogP contribution is 2.40. The largest absolute Gasteiger partial charge is 0.376 e. The van der Waals surface area contributed by atoms with E-state index in [0.29, 0.717) is 5.56 Å². The minimum Gasteiger partial charge on any atom is -0.376 e. The highest BCUT2D eigenvalue weighted by molar-refractivity contribution is 7.09. The summed E-state index contributed by atoms with van der Waals surface area (Å²) in [5.74, 6) is -0.0332. The van der Waals surface area contributed by atoms with Crippen LogP contribution >= 0.6 is 11.3 Å². The average molecular weight is 340 g/mol. The van der Waals surface area contributed by atoms with E-state index in [2.05, 4.69) is 21.7 Å². The summed E-state index contributed by atoms with van der Waals surface area (Å²) < 4.78 is 0. The summed E-state index contributed by atoms with van der Waals surface area (Å²) in [6.45, 7) is 2.19. The second kappa shape index (κ2) is 7.02. The van der Waals surface area contributed by atoms with Gasteiger partial charge in [0.2, 0.25) is 5.91 Å². The number of carbonyl (C=O) groups excluding carboxylic acids is 1. The summed E-state index contributed by atoms with van der Waals surface area (Å²) in [4.78, 5) is 17.0.